The molecular formula is C12H13BrN4O. The second-order valence-electron chi connectivity index (χ2n) is 3.99. The number of amides is 1. The Bertz CT molecular complexity index is 606. The van der Waals surface area contributed by atoms with Crippen molar-refractivity contribution in [3.05, 3.63) is 40.1 Å². The minimum atomic E-state index is -0.240. The zero-order chi connectivity index (χ0) is 13.3. The number of nitrogens with zero attached hydrogens (tertiary/aromatic N) is 2. The highest BCUT2D eigenvalue weighted by Gasteiger charge is 2.12. The van der Waals surface area contributed by atoms with Gasteiger partial charge in [0.15, 0.2) is 0 Å². The van der Waals surface area contributed by atoms with Gasteiger partial charge >= 0.3 is 0 Å². The summed E-state index contributed by atoms with van der Waals surface area (Å²) >= 11 is 3.30. The van der Waals surface area contributed by atoms with Crippen molar-refractivity contribution >= 4 is 33.2 Å². The molecule has 0 aliphatic heterocycles. The summed E-state index contributed by atoms with van der Waals surface area (Å²) in [6.07, 6.45) is 1.75. The van der Waals surface area contributed by atoms with Gasteiger partial charge in [0.05, 0.1) is 16.9 Å². The molecule has 0 aliphatic carbocycles. The number of hydrogen-bond donors (Lipinski definition) is 2. The fraction of sp³-hybridized carbons (Fsp3) is 0.167. The lowest BCUT2D eigenvalue weighted by molar-refractivity contribution is 0.102. The molecule has 0 saturated heterocycles. The number of nitrogens with one attached hydrogen (secondary N) is 1. The van der Waals surface area contributed by atoms with Crippen LogP contribution in [0.25, 0.3) is 0 Å². The molecule has 18 heavy (non-hydrogen) atoms. The van der Waals surface area contributed by atoms with Crippen LogP contribution < -0.4 is 11.1 Å². The summed E-state index contributed by atoms with van der Waals surface area (Å²) in [6, 6.07) is 5.16. The molecule has 0 radical (unpaired) electrons. The molecule has 1 aromatic carbocycles. The van der Waals surface area contributed by atoms with Crippen molar-refractivity contribution in [3.63, 3.8) is 0 Å². The number of carbonyl (C=O) groups excluding carboxylic acids is 1. The first-order chi connectivity index (χ1) is 8.47. The van der Waals surface area contributed by atoms with Crippen LogP contribution in [0.2, 0.25) is 0 Å². The third-order valence-corrected chi connectivity index (χ3v) is 3.01. The predicted molar refractivity (Wildman–Crippen MR) is 74.5 cm³/mol. The maximum atomic E-state index is 12.1. The highest BCUT2D eigenvalue weighted by molar-refractivity contribution is 9.10. The number of nitrogen functional groups attached to an aromatic ring is 1. The predicted octanol–water partition coefficient (Wildman–Crippen LogP) is 2.33. The zero-order valence-corrected chi connectivity index (χ0v) is 11.7. The van der Waals surface area contributed by atoms with Crippen molar-refractivity contribution in [2.24, 2.45) is 7.05 Å². The van der Waals surface area contributed by atoms with Gasteiger partial charge in [-0.1, -0.05) is 15.9 Å². The fourth-order valence-corrected chi connectivity index (χ4v) is 2.03. The van der Waals surface area contributed by atoms with Crippen LogP contribution in [-0.2, 0) is 7.05 Å². The molecule has 1 heterocycles. The summed E-state index contributed by atoms with van der Waals surface area (Å²) in [4.78, 5) is 12.1. The summed E-state index contributed by atoms with van der Waals surface area (Å²) in [6.45, 7) is 1.83. The number of aryl methyl sites for hydroxylation is 2. The lowest BCUT2D eigenvalue weighted by atomic mass is 10.1. The third-order valence-electron chi connectivity index (χ3n) is 2.52. The Kier molecular flexibility index (Phi) is 3.38. The van der Waals surface area contributed by atoms with Crippen molar-refractivity contribution in [1.82, 2.24) is 9.78 Å². The molecule has 0 saturated carbocycles. The molecule has 1 amide bonds. The minimum absolute atomic E-state index is 0.240. The van der Waals surface area contributed by atoms with Crippen LogP contribution in [0.4, 0.5) is 11.4 Å². The number of carbonyl (C=O) groups is 1. The van der Waals surface area contributed by atoms with E-state index >= 15 is 0 Å². The maximum absolute atomic E-state index is 12.1. The van der Waals surface area contributed by atoms with E-state index < -0.39 is 0 Å². The topological polar surface area (TPSA) is 72.9 Å². The summed E-state index contributed by atoms with van der Waals surface area (Å²) in [7, 11) is 1.80. The highest BCUT2D eigenvalue weighted by atomic mass is 79.9. The molecule has 0 unspecified atom stereocenters. The number of rotatable bonds is 2. The molecule has 2 aromatic rings. The molecule has 6 heteroatoms. The van der Waals surface area contributed by atoms with Crippen LogP contribution in [0.1, 0.15) is 16.1 Å². The molecule has 94 valence electrons. The van der Waals surface area contributed by atoms with Crippen LogP contribution in [0.5, 0.6) is 0 Å². The molecule has 0 fully saturated rings. The van der Waals surface area contributed by atoms with Crippen LogP contribution in [0.3, 0.4) is 0 Å². The Morgan fingerprint density at radius 1 is 1.50 bits per heavy atom. The standard InChI is InChI=1S/C12H13BrN4O/c1-7-11(6-17(2)16-7)15-12(18)9-4-3-8(13)5-10(9)14/h3-6H,14H2,1-2H3,(H,15,18). The molecule has 0 spiro atoms. The van der Waals surface area contributed by atoms with Gasteiger partial charge in [-0.15, -0.1) is 0 Å². The summed E-state index contributed by atoms with van der Waals surface area (Å²) in [5.41, 5.74) is 8.14. The number of benzene rings is 1. The highest BCUT2D eigenvalue weighted by Crippen LogP contribution is 2.20. The monoisotopic (exact) mass is 308 g/mol. The van der Waals surface area contributed by atoms with E-state index in [0.717, 1.165) is 10.2 Å². The lowest BCUT2D eigenvalue weighted by Crippen LogP contribution is -2.14. The van der Waals surface area contributed by atoms with E-state index in [-0.39, 0.29) is 5.91 Å². The number of halogens is 1. The molecule has 3 N–H and O–H groups in total. The van der Waals surface area contributed by atoms with Gasteiger partial charge in [0.25, 0.3) is 5.91 Å². The Labute approximate surface area is 113 Å². The molecule has 1 aromatic heterocycles. The second kappa shape index (κ2) is 4.81. The van der Waals surface area contributed by atoms with E-state index in [0.29, 0.717) is 16.9 Å². The van der Waals surface area contributed by atoms with Crippen molar-refractivity contribution in [1.29, 1.82) is 0 Å². The van der Waals surface area contributed by atoms with Crippen molar-refractivity contribution < 1.29 is 4.79 Å². The number of hydrogen-bond acceptors (Lipinski definition) is 3. The number of anilines is 2. The van der Waals surface area contributed by atoms with E-state index in [4.69, 9.17) is 5.73 Å². The van der Waals surface area contributed by atoms with Gasteiger partial charge < -0.3 is 11.1 Å². The van der Waals surface area contributed by atoms with Crippen molar-refractivity contribution in [2.45, 2.75) is 6.92 Å². The normalized spacial score (nSPS) is 10.4. The van der Waals surface area contributed by atoms with Gasteiger partial charge in [-0.05, 0) is 25.1 Å². The van der Waals surface area contributed by atoms with Crippen LogP contribution in [-0.4, -0.2) is 15.7 Å². The molecule has 0 atom stereocenters. The first kappa shape index (κ1) is 12.6. The number of aromatic nitrogens is 2. The quantitative estimate of drug-likeness (QED) is 0.836. The van der Waals surface area contributed by atoms with E-state index in [1.165, 1.54) is 0 Å². The lowest BCUT2D eigenvalue weighted by Gasteiger charge is -2.06. The Hall–Kier alpha value is -1.82. The average Bonchev–Trinajstić information content (AvgIpc) is 2.57. The Balaban J connectivity index is 2.24. The largest absolute Gasteiger partial charge is 0.398 e. The van der Waals surface area contributed by atoms with Gasteiger partial charge in [0.2, 0.25) is 0 Å². The van der Waals surface area contributed by atoms with E-state index in [1.54, 1.807) is 36.1 Å². The molecule has 5 nitrogen and oxygen atoms in total. The summed E-state index contributed by atoms with van der Waals surface area (Å²) < 4.78 is 2.49. The zero-order valence-electron chi connectivity index (χ0n) is 10.1. The van der Waals surface area contributed by atoms with Gasteiger partial charge in [0.1, 0.15) is 0 Å². The minimum Gasteiger partial charge on any atom is -0.398 e. The van der Waals surface area contributed by atoms with Gasteiger partial charge in [0, 0.05) is 23.4 Å². The van der Waals surface area contributed by atoms with E-state index in [9.17, 15) is 4.79 Å². The molecule has 0 aliphatic rings. The summed E-state index contributed by atoms with van der Waals surface area (Å²) in [5, 5.41) is 6.95. The third kappa shape index (κ3) is 2.53. The Morgan fingerprint density at radius 2 is 2.22 bits per heavy atom. The SMILES string of the molecule is Cc1nn(C)cc1NC(=O)c1ccc(Br)cc1N. The van der Waals surface area contributed by atoms with Gasteiger partial charge in [-0.3, -0.25) is 9.48 Å². The first-order valence-corrected chi connectivity index (χ1v) is 6.13. The number of nitrogens with two attached hydrogens (primary N) is 1. The smallest absolute Gasteiger partial charge is 0.257 e. The van der Waals surface area contributed by atoms with Gasteiger partial charge in [-0.2, -0.15) is 5.10 Å². The molecule has 0 bridgehead atoms. The molecular weight excluding hydrogens is 296 g/mol. The fourth-order valence-electron chi connectivity index (χ4n) is 1.65. The van der Waals surface area contributed by atoms with Crippen molar-refractivity contribution in [3.8, 4) is 0 Å². The van der Waals surface area contributed by atoms with Gasteiger partial charge in [-0.25, -0.2) is 0 Å². The second-order valence-corrected chi connectivity index (χ2v) is 4.90. The maximum Gasteiger partial charge on any atom is 0.257 e. The van der Waals surface area contributed by atoms with E-state index in [1.807, 2.05) is 6.92 Å². The Morgan fingerprint density at radius 3 is 2.78 bits per heavy atom. The molecule has 2 rings (SSSR count). The van der Waals surface area contributed by atoms with Crippen molar-refractivity contribution in [2.75, 3.05) is 11.1 Å². The first-order valence-electron chi connectivity index (χ1n) is 5.34. The van der Waals surface area contributed by atoms with Crippen LogP contribution in [0.15, 0.2) is 28.9 Å². The van der Waals surface area contributed by atoms with Crippen LogP contribution >= 0.6 is 15.9 Å². The van der Waals surface area contributed by atoms with Crippen LogP contribution in [0, 0.1) is 6.92 Å². The average molecular weight is 309 g/mol. The van der Waals surface area contributed by atoms with E-state index in [2.05, 4.69) is 26.3 Å². The summed E-state index contributed by atoms with van der Waals surface area (Å²) in [5.74, 6) is -0.240.